The number of hydrogen-bond donors (Lipinski definition) is 2. The first-order chi connectivity index (χ1) is 20.3. The summed E-state index contributed by atoms with van der Waals surface area (Å²) in [5.41, 5.74) is 2.63. The Balaban J connectivity index is 1.43. The number of aliphatic carboxylic acids is 1. The smallest absolute Gasteiger partial charge is 0.306 e. The molecule has 42 heavy (non-hydrogen) atoms. The average molecular weight is 594 g/mol. The lowest BCUT2D eigenvalue weighted by atomic mass is 9.68. The highest BCUT2D eigenvalue weighted by atomic mass is 35.5. The first-order valence-electron chi connectivity index (χ1n) is 15.8. The number of hydrogen-bond acceptors (Lipinski definition) is 5. The molecule has 0 saturated heterocycles. The van der Waals surface area contributed by atoms with Crippen LogP contribution < -0.4 is 9.64 Å². The molecule has 0 unspecified atom stereocenters. The Morgan fingerprint density at radius 2 is 2.00 bits per heavy atom. The van der Waals surface area contributed by atoms with Crippen LogP contribution in [0.25, 0.3) is 0 Å². The van der Waals surface area contributed by atoms with E-state index in [2.05, 4.69) is 29.2 Å². The molecule has 2 aliphatic heterocycles. The van der Waals surface area contributed by atoms with Crippen molar-refractivity contribution in [2.45, 2.75) is 87.7 Å². The zero-order valence-electron chi connectivity index (χ0n) is 24.7. The molecule has 0 radical (unpaired) electrons. The second-order valence-corrected chi connectivity index (χ2v) is 13.6. The number of carbonyl (C=O) groups is 1. The van der Waals surface area contributed by atoms with Crippen LogP contribution in [0.15, 0.2) is 48.6 Å². The molecule has 1 saturated carbocycles. The SMILES string of the molecule is CO[C@H]1/C=C/CCCCC[C@@](O)(CC(=O)O)c2ccc3c(c2)N(C[C@@H]2CC[C@H]21)C[C@@]1(CCCc2cc(Cl)ccc21)CO3. The maximum atomic E-state index is 11.9. The first kappa shape index (κ1) is 29.5. The average Bonchev–Trinajstić information content (AvgIpc) is 3.10. The second-order valence-electron chi connectivity index (χ2n) is 13.1. The number of fused-ring (bicyclic) bond motifs is 4. The minimum atomic E-state index is -1.43. The number of aliphatic hydroxyl groups is 1. The van der Waals surface area contributed by atoms with Crippen LogP contribution in [-0.4, -0.2) is 49.1 Å². The fourth-order valence-electron chi connectivity index (χ4n) is 8.01. The topological polar surface area (TPSA) is 79.2 Å². The lowest BCUT2D eigenvalue weighted by Gasteiger charge is -2.46. The first-order valence-corrected chi connectivity index (χ1v) is 16.1. The van der Waals surface area contributed by atoms with Crippen LogP contribution in [0.3, 0.4) is 0 Å². The second kappa shape index (κ2) is 12.2. The number of ether oxygens (including phenoxy) is 2. The molecule has 1 fully saturated rings. The van der Waals surface area contributed by atoms with Crippen molar-refractivity contribution in [2.75, 3.05) is 31.7 Å². The van der Waals surface area contributed by atoms with Crippen molar-refractivity contribution in [3.8, 4) is 5.75 Å². The van der Waals surface area contributed by atoms with E-state index in [-0.39, 0.29) is 17.9 Å². The van der Waals surface area contributed by atoms with Crippen molar-refractivity contribution in [3.05, 3.63) is 70.3 Å². The van der Waals surface area contributed by atoms with Crippen LogP contribution in [0, 0.1) is 11.8 Å². The molecule has 2 N–H and O–H groups in total. The number of benzene rings is 2. The number of nitrogens with zero attached hydrogens (tertiary/aromatic N) is 1. The van der Waals surface area contributed by atoms with E-state index in [0.717, 1.165) is 87.3 Å². The van der Waals surface area contributed by atoms with E-state index < -0.39 is 11.6 Å². The molecule has 0 amide bonds. The van der Waals surface area contributed by atoms with Gasteiger partial charge in [-0.05, 0) is 104 Å². The third-order valence-corrected chi connectivity index (χ3v) is 10.7. The van der Waals surface area contributed by atoms with Gasteiger partial charge in [0, 0.05) is 30.6 Å². The molecule has 2 aliphatic carbocycles. The highest BCUT2D eigenvalue weighted by Gasteiger charge is 2.45. The third-order valence-electron chi connectivity index (χ3n) is 10.4. The van der Waals surface area contributed by atoms with Crippen LogP contribution >= 0.6 is 11.6 Å². The number of methoxy groups -OCH3 is 1. The van der Waals surface area contributed by atoms with Crippen LogP contribution in [0.1, 0.15) is 80.9 Å². The summed E-state index contributed by atoms with van der Waals surface area (Å²) in [5.74, 6) is 0.726. The number of rotatable bonds is 3. The fourth-order valence-corrected chi connectivity index (χ4v) is 8.20. The lowest BCUT2D eigenvalue weighted by Crippen LogP contribution is -2.49. The summed E-state index contributed by atoms with van der Waals surface area (Å²) in [7, 11) is 1.83. The molecular formula is C35H44ClNO5. The molecular weight excluding hydrogens is 550 g/mol. The quantitative estimate of drug-likeness (QED) is 0.372. The zero-order chi connectivity index (χ0) is 29.3. The molecule has 2 aromatic rings. The van der Waals surface area contributed by atoms with Gasteiger partial charge >= 0.3 is 5.97 Å². The molecule has 1 spiro atoms. The van der Waals surface area contributed by atoms with E-state index in [0.29, 0.717) is 30.4 Å². The number of carboxylic acid groups (broad SMARTS) is 1. The van der Waals surface area contributed by atoms with Gasteiger partial charge in [-0.2, -0.15) is 0 Å². The van der Waals surface area contributed by atoms with E-state index in [9.17, 15) is 15.0 Å². The predicted octanol–water partition coefficient (Wildman–Crippen LogP) is 7.04. The minimum Gasteiger partial charge on any atom is -0.490 e. The molecule has 2 aromatic carbocycles. The van der Waals surface area contributed by atoms with Crippen LogP contribution in [-0.2, 0) is 27.0 Å². The van der Waals surface area contributed by atoms with Crippen molar-refractivity contribution in [1.82, 2.24) is 0 Å². The summed E-state index contributed by atoms with van der Waals surface area (Å²) in [6.07, 6.45) is 13.8. The van der Waals surface area contributed by atoms with Gasteiger partial charge in [-0.1, -0.05) is 48.7 Å². The van der Waals surface area contributed by atoms with Gasteiger partial charge in [-0.15, -0.1) is 0 Å². The van der Waals surface area contributed by atoms with Crippen molar-refractivity contribution in [2.24, 2.45) is 11.8 Å². The van der Waals surface area contributed by atoms with Gasteiger partial charge in [0.15, 0.2) is 0 Å². The molecule has 226 valence electrons. The summed E-state index contributed by atoms with van der Waals surface area (Å²) >= 11 is 6.43. The molecule has 2 heterocycles. The molecule has 4 aliphatic rings. The molecule has 6 rings (SSSR count). The van der Waals surface area contributed by atoms with E-state index in [1.165, 1.54) is 11.1 Å². The van der Waals surface area contributed by atoms with Crippen molar-refractivity contribution < 1.29 is 24.5 Å². The monoisotopic (exact) mass is 593 g/mol. The number of allylic oxidation sites excluding steroid dienone is 1. The Bertz CT molecular complexity index is 1330. The predicted molar refractivity (Wildman–Crippen MR) is 166 cm³/mol. The third kappa shape index (κ3) is 5.82. The largest absolute Gasteiger partial charge is 0.490 e. The normalized spacial score (nSPS) is 32.1. The molecule has 7 heteroatoms. The van der Waals surface area contributed by atoms with Gasteiger partial charge in [0.05, 0.1) is 24.8 Å². The van der Waals surface area contributed by atoms with E-state index in [4.69, 9.17) is 21.1 Å². The molecule has 2 bridgehead atoms. The van der Waals surface area contributed by atoms with Gasteiger partial charge in [-0.25, -0.2) is 0 Å². The summed E-state index contributed by atoms with van der Waals surface area (Å²) < 4.78 is 12.7. The number of aryl methyl sites for hydroxylation is 1. The summed E-state index contributed by atoms with van der Waals surface area (Å²) in [6.45, 7) is 2.23. The fraction of sp³-hybridized carbons (Fsp3) is 0.571. The summed E-state index contributed by atoms with van der Waals surface area (Å²) in [6, 6.07) is 12.2. The Morgan fingerprint density at radius 3 is 2.79 bits per heavy atom. The molecule has 0 aromatic heterocycles. The minimum absolute atomic E-state index is 0.109. The van der Waals surface area contributed by atoms with Gasteiger partial charge < -0.3 is 24.6 Å². The van der Waals surface area contributed by atoms with Gasteiger partial charge in [0.1, 0.15) is 11.4 Å². The van der Waals surface area contributed by atoms with Crippen molar-refractivity contribution >= 4 is 23.3 Å². The van der Waals surface area contributed by atoms with Gasteiger partial charge in [0.25, 0.3) is 0 Å². The maximum absolute atomic E-state index is 11.9. The van der Waals surface area contributed by atoms with Crippen LogP contribution in [0.4, 0.5) is 5.69 Å². The van der Waals surface area contributed by atoms with E-state index in [1.54, 1.807) is 0 Å². The van der Waals surface area contributed by atoms with Crippen molar-refractivity contribution in [3.63, 3.8) is 0 Å². The zero-order valence-corrected chi connectivity index (χ0v) is 25.5. The number of halogens is 1. The molecule has 6 nitrogen and oxygen atoms in total. The Labute approximate surface area is 254 Å². The van der Waals surface area contributed by atoms with Crippen LogP contribution in [0.2, 0.25) is 5.02 Å². The summed E-state index contributed by atoms with van der Waals surface area (Å²) in [4.78, 5) is 14.4. The van der Waals surface area contributed by atoms with Gasteiger partial charge in [-0.3, -0.25) is 4.79 Å². The Hall–Kier alpha value is -2.54. The number of carboxylic acids is 1. The van der Waals surface area contributed by atoms with Crippen molar-refractivity contribution in [1.29, 1.82) is 0 Å². The van der Waals surface area contributed by atoms with E-state index in [1.807, 2.05) is 31.4 Å². The molecule has 5 atom stereocenters. The standard InChI is InChI=1S/C35H44ClNO5/c1-41-31-9-5-3-2-4-6-17-35(40,20-33(38)39)26-11-15-32-30(19-26)37(21-25-10-13-28(25)31)22-34(23-42-32)16-7-8-24-18-27(36)12-14-29(24)34/h5,9,11-12,14-15,18-19,25,28,31,40H,2-4,6-8,10,13,16-17,20-23H2,1H3,(H,38,39)/b9-5+/t25-,28+,31-,34-,35+/m0/s1. The van der Waals surface area contributed by atoms with Crippen LogP contribution in [0.5, 0.6) is 5.75 Å². The maximum Gasteiger partial charge on any atom is 0.306 e. The lowest BCUT2D eigenvalue weighted by molar-refractivity contribution is -0.143. The van der Waals surface area contributed by atoms with E-state index >= 15 is 0 Å². The highest BCUT2D eigenvalue weighted by molar-refractivity contribution is 6.30. The Kier molecular flexibility index (Phi) is 8.59. The summed E-state index contributed by atoms with van der Waals surface area (Å²) in [5, 5.41) is 22.4. The highest BCUT2D eigenvalue weighted by Crippen LogP contribution is 2.48. The number of anilines is 1. The Morgan fingerprint density at radius 1 is 1.12 bits per heavy atom. The van der Waals surface area contributed by atoms with Gasteiger partial charge in [0.2, 0.25) is 0 Å².